The average Bonchev–Trinajstić information content (AvgIpc) is 2.96. The van der Waals surface area contributed by atoms with Crippen LogP contribution >= 0.6 is 0 Å². The van der Waals surface area contributed by atoms with E-state index in [1.165, 1.54) is 18.2 Å². The van der Waals surface area contributed by atoms with E-state index in [2.05, 4.69) is 5.32 Å². The Morgan fingerprint density at radius 3 is 2.57 bits per heavy atom. The van der Waals surface area contributed by atoms with Crippen molar-refractivity contribution in [2.45, 2.75) is 13.0 Å². The minimum absolute atomic E-state index is 0.103. The molecule has 0 atom stereocenters. The Hall–Kier alpha value is -2.40. The maximum atomic E-state index is 13.5. The number of hydrogen-bond acceptors (Lipinski definition) is 3. The first-order valence-corrected chi connectivity index (χ1v) is 7.38. The summed E-state index contributed by atoms with van der Waals surface area (Å²) in [4.78, 5) is 0. The van der Waals surface area contributed by atoms with Crippen LogP contribution in [0, 0.1) is 11.6 Å². The lowest BCUT2D eigenvalue weighted by Gasteiger charge is -2.05. The molecule has 0 bridgehead atoms. The highest BCUT2D eigenvalue weighted by Gasteiger charge is 2.10. The van der Waals surface area contributed by atoms with Crippen LogP contribution < -0.4 is 10.1 Å². The van der Waals surface area contributed by atoms with Gasteiger partial charge >= 0.3 is 0 Å². The Morgan fingerprint density at radius 2 is 1.83 bits per heavy atom. The number of nitrogens with one attached hydrogen (secondary N) is 1. The van der Waals surface area contributed by atoms with Gasteiger partial charge in [-0.3, -0.25) is 0 Å². The van der Waals surface area contributed by atoms with Gasteiger partial charge in [-0.05, 0) is 37.2 Å². The SMILES string of the molecule is COc1cccc2cc(CNCCc3c(F)cccc3F)oc12. The zero-order chi connectivity index (χ0) is 16.2. The lowest BCUT2D eigenvalue weighted by molar-refractivity contribution is 0.406. The largest absolute Gasteiger partial charge is 0.493 e. The number of benzene rings is 2. The highest BCUT2D eigenvalue weighted by atomic mass is 19.1. The van der Waals surface area contributed by atoms with Gasteiger partial charge in [-0.2, -0.15) is 0 Å². The zero-order valence-corrected chi connectivity index (χ0v) is 12.7. The maximum absolute atomic E-state index is 13.5. The average molecular weight is 317 g/mol. The Bertz CT molecular complexity index is 794. The number of ether oxygens (including phenoxy) is 1. The maximum Gasteiger partial charge on any atom is 0.176 e. The summed E-state index contributed by atoms with van der Waals surface area (Å²) in [6.07, 6.45) is 0.280. The van der Waals surface area contributed by atoms with Gasteiger partial charge in [-0.1, -0.05) is 18.2 Å². The number of furan rings is 1. The van der Waals surface area contributed by atoms with Crippen LogP contribution in [0.4, 0.5) is 8.78 Å². The molecule has 120 valence electrons. The second-order valence-electron chi connectivity index (χ2n) is 5.22. The molecule has 0 amide bonds. The topological polar surface area (TPSA) is 34.4 Å². The Morgan fingerprint density at radius 1 is 1.09 bits per heavy atom. The van der Waals surface area contributed by atoms with Gasteiger partial charge in [0.1, 0.15) is 17.4 Å². The van der Waals surface area contributed by atoms with Crippen molar-refractivity contribution in [3.8, 4) is 5.75 Å². The van der Waals surface area contributed by atoms with Gasteiger partial charge in [-0.25, -0.2) is 8.78 Å². The second kappa shape index (κ2) is 6.79. The molecule has 2 aromatic carbocycles. The van der Waals surface area contributed by atoms with Gasteiger partial charge in [0.25, 0.3) is 0 Å². The fourth-order valence-corrected chi connectivity index (χ4v) is 2.53. The molecule has 1 heterocycles. The van der Waals surface area contributed by atoms with Crippen LogP contribution in [0.3, 0.4) is 0 Å². The number of halogens is 2. The van der Waals surface area contributed by atoms with Crippen molar-refractivity contribution in [1.29, 1.82) is 0 Å². The molecule has 0 spiro atoms. The van der Waals surface area contributed by atoms with Gasteiger partial charge in [-0.15, -0.1) is 0 Å². The van der Waals surface area contributed by atoms with Crippen LogP contribution in [0.5, 0.6) is 5.75 Å². The molecule has 0 fully saturated rings. The summed E-state index contributed by atoms with van der Waals surface area (Å²) in [5.41, 5.74) is 0.804. The lowest BCUT2D eigenvalue weighted by atomic mass is 10.1. The number of para-hydroxylation sites is 1. The highest BCUT2D eigenvalue weighted by Crippen LogP contribution is 2.28. The smallest absolute Gasteiger partial charge is 0.176 e. The second-order valence-corrected chi connectivity index (χ2v) is 5.22. The molecular formula is C18H17F2NO2. The fourth-order valence-electron chi connectivity index (χ4n) is 2.53. The van der Waals surface area contributed by atoms with E-state index >= 15 is 0 Å². The molecule has 3 rings (SSSR count). The monoisotopic (exact) mass is 317 g/mol. The number of rotatable bonds is 6. The van der Waals surface area contributed by atoms with E-state index < -0.39 is 11.6 Å². The van der Waals surface area contributed by atoms with Crippen molar-refractivity contribution in [2.75, 3.05) is 13.7 Å². The van der Waals surface area contributed by atoms with E-state index in [1.807, 2.05) is 24.3 Å². The predicted octanol–water partition coefficient (Wildman–Crippen LogP) is 4.05. The number of methoxy groups -OCH3 is 1. The van der Waals surface area contributed by atoms with Crippen LogP contribution in [-0.2, 0) is 13.0 Å². The Balaban J connectivity index is 1.61. The van der Waals surface area contributed by atoms with E-state index in [0.29, 0.717) is 24.4 Å². The Kier molecular flexibility index (Phi) is 4.57. The standard InChI is InChI=1S/C18H17F2NO2/c1-22-17-7-2-4-12-10-13(23-18(12)17)11-21-9-8-14-15(19)5-3-6-16(14)20/h2-7,10,21H,8-9,11H2,1H3. The summed E-state index contributed by atoms with van der Waals surface area (Å²) in [7, 11) is 1.60. The molecule has 0 aliphatic heterocycles. The minimum atomic E-state index is -0.514. The van der Waals surface area contributed by atoms with Crippen molar-refractivity contribution in [3.63, 3.8) is 0 Å². The van der Waals surface area contributed by atoms with E-state index in [-0.39, 0.29) is 12.0 Å². The van der Waals surface area contributed by atoms with Crippen molar-refractivity contribution in [2.24, 2.45) is 0 Å². The number of fused-ring (bicyclic) bond motifs is 1. The molecule has 3 nitrogen and oxygen atoms in total. The quantitative estimate of drug-likeness (QED) is 0.697. The van der Waals surface area contributed by atoms with Crippen LogP contribution in [0.1, 0.15) is 11.3 Å². The normalized spacial score (nSPS) is 11.1. The van der Waals surface area contributed by atoms with Crippen LogP contribution in [0.25, 0.3) is 11.0 Å². The molecule has 1 N–H and O–H groups in total. The molecule has 0 aliphatic rings. The molecule has 0 aliphatic carbocycles. The van der Waals surface area contributed by atoms with E-state index in [1.54, 1.807) is 7.11 Å². The third kappa shape index (κ3) is 3.35. The van der Waals surface area contributed by atoms with Crippen LogP contribution in [0.15, 0.2) is 46.9 Å². The molecule has 3 aromatic rings. The molecule has 0 saturated carbocycles. The molecule has 5 heteroatoms. The number of hydrogen-bond donors (Lipinski definition) is 1. The summed E-state index contributed by atoms with van der Waals surface area (Å²) in [5.74, 6) is 0.404. The van der Waals surface area contributed by atoms with Crippen molar-refractivity contribution in [3.05, 3.63) is 65.4 Å². The van der Waals surface area contributed by atoms with E-state index in [9.17, 15) is 8.78 Å². The minimum Gasteiger partial charge on any atom is -0.493 e. The fraction of sp³-hybridized carbons (Fsp3) is 0.222. The van der Waals surface area contributed by atoms with Crippen molar-refractivity contribution >= 4 is 11.0 Å². The van der Waals surface area contributed by atoms with Gasteiger partial charge in [0, 0.05) is 10.9 Å². The summed E-state index contributed by atoms with van der Waals surface area (Å²) in [6.45, 7) is 0.930. The van der Waals surface area contributed by atoms with Gasteiger partial charge in [0.05, 0.1) is 13.7 Å². The molecule has 23 heavy (non-hydrogen) atoms. The van der Waals surface area contributed by atoms with Crippen LogP contribution in [-0.4, -0.2) is 13.7 Å². The third-order valence-electron chi connectivity index (χ3n) is 3.69. The van der Waals surface area contributed by atoms with Crippen molar-refractivity contribution < 1.29 is 17.9 Å². The summed E-state index contributed by atoms with van der Waals surface area (Å²) in [6, 6.07) is 11.5. The molecule has 0 saturated heterocycles. The van der Waals surface area contributed by atoms with E-state index in [4.69, 9.17) is 9.15 Å². The third-order valence-corrected chi connectivity index (χ3v) is 3.69. The van der Waals surface area contributed by atoms with Crippen LogP contribution in [0.2, 0.25) is 0 Å². The summed E-state index contributed by atoms with van der Waals surface area (Å²) < 4.78 is 38.1. The first-order valence-electron chi connectivity index (χ1n) is 7.38. The Labute approximate surface area is 132 Å². The van der Waals surface area contributed by atoms with Gasteiger partial charge in [0.2, 0.25) is 0 Å². The molecule has 1 aromatic heterocycles. The van der Waals surface area contributed by atoms with Crippen molar-refractivity contribution in [1.82, 2.24) is 5.32 Å². The first kappa shape index (κ1) is 15.5. The molecule has 0 radical (unpaired) electrons. The lowest BCUT2D eigenvalue weighted by Crippen LogP contribution is -2.17. The summed E-state index contributed by atoms with van der Waals surface area (Å²) in [5, 5.41) is 4.09. The zero-order valence-electron chi connectivity index (χ0n) is 12.7. The van der Waals surface area contributed by atoms with E-state index in [0.717, 1.165) is 11.1 Å². The predicted molar refractivity (Wildman–Crippen MR) is 84.5 cm³/mol. The van der Waals surface area contributed by atoms with Gasteiger partial charge < -0.3 is 14.5 Å². The molecule has 0 unspecified atom stereocenters. The van der Waals surface area contributed by atoms with Gasteiger partial charge in [0.15, 0.2) is 11.3 Å². The first-order chi connectivity index (χ1) is 11.2. The summed E-state index contributed by atoms with van der Waals surface area (Å²) >= 11 is 0. The highest BCUT2D eigenvalue weighted by molar-refractivity contribution is 5.83. The molecular weight excluding hydrogens is 300 g/mol.